The lowest BCUT2D eigenvalue weighted by Gasteiger charge is -2.33. The van der Waals surface area contributed by atoms with Gasteiger partial charge in [-0.3, -0.25) is 0 Å². The van der Waals surface area contributed by atoms with Gasteiger partial charge in [0.15, 0.2) is 5.96 Å². The summed E-state index contributed by atoms with van der Waals surface area (Å²) in [7, 11) is 2.16. The fourth-order valence-electron chi connectivity index (χ4n) is 3.12. The first-order chi connectivity index (χ1) is 12.7. The lowest BCUT2D eigenvalue weighted by molar-refractivity contribution is 0.312. The monoisotopic (exact) mass is 360 g/mol. The molecule has 0 atom stereocenters. The quantitative estimate of drug-likeness (QED) is 0.381. The van der Waals surface area contributed by atoms with Crippen molar-refractivity contribution in [2.24, 2.45) is 10.7 Å². The van der Waals surface area contributed by atoms with Gasteiger partial charge in [0.25, 0.3) is 0 Å². The van der Waals surface area contributed by atoms with E-state index < -0.39 is 0 Å². The SMILES string of the molecule is CCCCCCCCNC(N)=NCc1ccnc(N2CCN(C)CC2)c1. The van der Waals surface area contributed by atoms with Crippen LogP contribution in [0.4, 0.5) is 5.82 Å². The van der Waals surface area contributed by atoms with Crippen LogP contribution in [0, 0.1) is 0 Å². The molecule has 146 valence electrons. The Morgan fingerprint density at radius 2 is 1.88 bits per heavy atom. The van der Waals surface area contributed by atoms with Crippen molar-refractivity contribution in [2.75, 3.05) is 44.7 Å². The highest BCUT2D eigenvalue weighted by atomic mass is 15.3. The topological polar surface area (TPSA) is 69.8 Å². The van der Waals surface area contributed by atoms with E-state index in [1.54, 1.807) is 0 Å². The first kappa shape index (κ1) is 20.5. The molecule has 0 bridgehead atoms. The number of nitrogens with two attached hydrogens (primary N) is 1. The van der Waals surface area contributed by atoms with Crippen LogP contribution >= 0.6 is 0 Å². The molecule has 0 unspecified atom stereocenters. The zero-order chi connectivity index (χ0) is 18.6. The van der Waals surface area contributed by atoms with E-state index in [4.69, 9.17) is 5.73 Å². The third-order valence-corrected chi connectivity index (χ3v) is 4.91. The predicted molar refractivity (Wildman–Crippen MR) is 111 cm³/mol. The zero-order valence-corrected chi connectivity index (χ0v) is 16.6. The number of nitrogens with one attached hydrogen (secondary N) is 1. The number of unbranched alkanes of at least 4 members (excludes halogenated alkanes) is 5. The van der Waals surface area contributed by atoms with E-state index in [1.807, 2.05) is 12.3 Å². The largest absolute Gasteiger partial charge is 0.370 e. The number of aliphatic imine (C=N–C) groups is 1. The standard InChI is InChI=1S/C20H36N6/c1-3-4-5-6-7-8-10-23-20(21)24-17-18-9-11-22-19(16-18)26-14-12-25(2)13-15-26/h9,11,16H,3-8,10,12-15,17H2,1-2H3,(H3,21,23,24). The van der Waals surface area contributed by atoms with Crippen LogP contribution in [-0.4, -0.2) is 55.6 Å². The molecule has 2 heterocycles. The summed E-state index contributed by atoms with van der Waals surface area (Å²) < 4.78 is 0. The molecule has 6 heteroatoms. The number of pyridine rings is 1. The molecule has 1 aromatic heterocycles. The van der Waals surface area contributed by atoms with E-state index in [0.717, 1.165) is 50.5 Å². The van der Waals surface area contributed by atoms with Crippen LogP contribution in [0.3, 0.4) is 0 Å². The fourth-order valence-corrected chi connectivity index (χ4v) is 3.12. The highest BCUT2D eigenvalue weighted by Crippen LogP contribution is 2.15. The van der Waals surface area contributed by atoms with Crippen molar-refractivity contribution in [3.8, 4) is 0 Å². The van der Waals surface area contributed by atoms with E-state index in [1.165, 1.54) is 32.1 Å². The first-order valence-electron chi connectivity index (χ1n) is 10.1. The number of hydrogen-bond acceptors (Lipinski definition) is 4. The Labute approximate surface area is 158 Å². The Bertz CT molecular complexity index is 537. The van der Waals surface area contributed by atoms with E-state index in [9.17, 15) is 0 Å². The van der Waals surface area contributed by atoms with Gasteiger partial charge in [0, 0.05) is 38.9 Å². The van der Waals surface area contributed by atoms with Gasteiger partial charge in [-0.15, -0.1) is 0 Å². The normalized spacial score (nSPS) is 16.1. The summed E-state index contributed by atoms with van der Waals surface area (Å²) in [4.78, 5) is 13.7. The van der Waals surface area contributed by atoms with Crippen molar-refractivity contribution in [3.05, 3.63) is 23.9 Å². The molecule has 1 saturated heterocycles. The van der Waals surface area contributed by atoms with Crippen LogP contribution in [0.15, 0.2) is 23.3 Å². The number of piperazine rings is 1. The minimum absolute atomic E-state index is 0.538. The predicted octanol–water partition coefficient (Wildman–Crippen LogP) is 2.60. The number of anilines is 1. The lowest BCUT2D eigenvalue weighted by atomic mass is 10.1. The first-order valence-corrected chi connectivity index (χ1v) is 10.1. The van der Waals surface area contributed by atoms with E-state index >= 15 is 0 Å². The lowest BCUT2D eigenvalue weighted by Crippen LogP contribution is -2.44. The Balaban J connectivity index is 1.70. The molecular weight excluding hydrogens is 324 g/mol. The molecule has 6 nitrogen and oxygen atoms in total. The summed E-state index contributed by atoms with van der Waals surface area (Å²) in [5, 5.41) is 3.22. The Kier molecular flexibility index (Phi) is 9.24. The second-order valence-corrected chi connectivity index (χ2v) is 7.21. The van der Waals surface area contributed by atoms with Gasteiger partial charge in [-0.1, -0.05) is 39.0 Å². The van der Waals surface area contributed by atoms with Gasteiger partial charge in [-0.2, -0.15) is 0 Å². The van der Waals surface area contributed by atoms with Crippen molar-refractivity contribution >= 4 is 11.8 Å². The number of guanidine groups is 1. The number of aromatic nitrogens is 1. The van der Waals surface area contributed by atoms with Gasteiger partial charge in [0.2, 0.25) is 0 Å². The molecule has 0 amide bonds. The third kappa shape index (κ3) is 7.60. The number of hydrogen-bond donors (Lipinski definition) is 2. The molecule has 3 N–H and O–H groups in total. The van der Waals surface area contributed by atoms with Gasteiger partial charge < -0.3 is 20.9 Å². The molecule has 0 aromatic carbocycles. The van der Waals surface area contributed by atoms with E-state index in [0.29, 0.717) is 12.5 Å². The fraction of sp³-hybridized carbons (Fsp3) is 0.700. The minimum atomic E-state index is 0.538. The summed E-state index contributed by atoms with van der Waals surface area (Å²) in [6, 6.07) is 4.15. The number of likely N-dealkylation sites (N-methyl/N-ethyl adjacent to an activating group) is 1. The van der Waals surface area contributed by atoms with Gasteiger partial charge >= 0.3 is 0 Å². The molecule has 1 fully saturated rings. The van der Waals surface area contributed by atoms with E-state index in [2.05, 4.69) is 45.1 Å². The van der Waals surface area contributed by atoms with Gasteiger partial charge in [0.1, 0.15) is 5.82 Å². The van der Waals surface area contributed by atoms with Crippen molar-refractivity contribution in [3.63, 3.8) is 0 Å². The Morgan fingerprint density at radius 1 is 1.15 bits per heavy atom. The maximum atomic E-state index is 5.99. The highest BCUT2D eigenvalue weighted by molar-refractivity contribution is 5.77. The van der Waals surface area contributed by atoms with Crippen molar-refractivity contribution in [1.29, 1.82) is 0 Å². The third-order valence-electron chi connectivity index (χ3n) is 4.91. The Morgan fingerprint density at radius 3 is 2.65 bits per heavy atom. The van der Waals surface area contributed by atoms with Gasteiger partial charge in [-0.25, -0.2) is 9.98 Å². The van der Waals surface area contributed by atoms with Crippen LogP contribution in [0.1, 0.15) is 51.0 Å². The van der Waals surface area contributed by atoms with Crippen molar-refractivity contribution in [2.45, 2.75) is 52.0 Å². The summed E-state index contributed by atoms with van der Waals surface area (Å²) in [6.07, 6.45) is 9.60. The summed E-state index contributed by atoms with van der Waals surface area (Å²) in [5.74, 6) is 1.58. The molecule has 0 radical (unpaired) electrons. The van der Waals surface area contributed by atoms with Crippen LogP contribution in [0.5, 0.6) is 0 Å². The number of nitrogens with zero attached hydrogens (tertiary/aromatic N) is 4. The summed E-state index contributed by atoms with van der Waals surface area (Å²) >= 11 is 0. The molecule has 2 rings (SSSR count). The van der Waals surface area contributed by atoms with Gasteiger partial charge in [0.05, 0.1) is 6.54 Å². The molecule has 1 aromatic rings. The molecule has 0 aliphatic carbocycles. The average Bonchev–Trinajstić information content (AvgIpc) is 2.66. The maximum Gasteiger partial charge on any atom is 0.188 e. The van der Waals surface area contributed by atoms with Crippen LogP contribution in [-0.2, 0) is 6.54 Å². The zero-order valence-electron chi connectivity index (χ0n) is 16.6. The van der Waals surface area contributed by atoms with Gasteiger partial charge in [-0.05, 0) is 31.2 Å². The summed E-state index contributed by atoms with van der Waals surface area (Å²) in [5.41, 5.74) is 7.14. The Hall–Kier alpha value is -1.82. The molecule has 1 aliphatic rings. The molecule has 1 aliphatic heterocycles. The second kappa shape index (κ2) is 11.7. The van der Waals surface area contributed by atoms with Crippen LogP contribution in [0.25, 0.3) is 0 Å². The smallest absolute Gasteiger partial charge is 0.188 e. The molecular formula is C20H36N6. The average molecular weight is 361 g/mol. The number of rotatable bonds is 10. The minimum Gasteiger partial charge on any atom is -0.370 e. The second-order valence-electron chi connectivity index (χ2n) is 7.21. The van der Waals surface area contributed by atoms with Crippen molar-refractivity contribution in [1.82, 2.24) is 15.2 Å². The van der Waals surface area contributed by atoms with Crippen LogP contribution in [0.2, 0.25) is 0 Å². The van der Waals surface area contributed by atoms with Crippen molar-refractivity contribution < 1.29 is 0 Å². The summed E-state index contributed by atoms with van der Waals surface area (Å²) in [6.45, 7) is 7.97. The van der Waals surface area contributed by atoms with Crippen LogP contribution < -0.4 is 16.0 Å². The maximum absolute atomic E-state index is 5.99. The molecule has 0 spiro atoms. The highest BCUT2D eigenvalue weighted by Gasteiger charge is 2.15. The van der Waals surface area contributed by atoms with E-state index in [-0.39, 0.29) is 0 Å². The molecule has 0 saturated carbocycles. The molecule has 26 heavy (non-hydrogen) atoms.